The minimum atomic E-state index is -0.495. The Kier molecular flexibility index (Phi) is 4.98. The Morgan fingerprint density at radius 2 is 1.96 bits per heavy atom. The lowest BCUT2D eigenvalue weighted by molar-refractivity contribution is -0.135. The van der Waals surface area contributed by atoms with Crippen molar-refractivity contribution in [1.82, 2.24) is 9.88 Å². The van der Waals surface area contributed by atoms with Gasteiger partial charge >= 0.3 is 0 Å². The van der Waals surface area contributed by atoms with E-state index in [4.69, 9.17) is 10.7 Å². The predicted octanol–water partition coefficient (Wildman–Crippen LogP) is 5.00. The van der Waals surface area contributed by atoms with Crippen molar-refractivity contribution in [2.45, 2.75) is 45.7 Å². The molecule has 2 heterocycles. The van der Waals surface area contributed by atoms with E-state index in [-0.39, 0.29) is 17.4 Å². The number of amides is 1. The van der Waals surface area contributed by atoms with E-state index in [0.29, 0.717) is 0 Å². The Balaban J connectivity index is 1.64. The van der Waals surface area contributed by atoms with Gasteiger partial charge in [-0.1, -0.05) is 63.2 Å². The molecule has 146 valence electrons. The molecule has 1 amide bonds. The highest BCUT2D eigenvalue weighted by Gasteiger charge is 2.38. The molecule has 1 aliphatic heterocycles. The molecule has 0 bridgehead atoms. The first kappa shape index (κ1) is 19.1. The summed E-state index contributed by atoms with van der Waals surface area (Å²) < 4.78 is 0. The number of fused-ring (bicyclic) bond motifs is 1. The summed E-state index contributed by atoms with van der Waals surface area (Å²) in [7, 11) is 0. The van der Waals surface area contributed by atoms with Crippen LogP contribution in [0.2, 0.25) is 0 Å². The average Bonchev–Trinajstić information content (AvgIpc) is 3.34. The van der Waals surface area contributed by atoms with Gasteiger partial charge < -0.3 is 10.6 Å². The van der Waals surface area contributed by atoms with E-state index < -0.39 is 6.04 Å². The molecule has 0 unspecified atom stereocenters. The first-order valence-electron chi connectivity index (χ1n) is 9.86. The Hall–Kier alpha value is -2.24. The summed E-state index contributed by atoms with van der Waals surface area (Å²) in [5, 5.41) is 5.54. The number of aromatic nitrogens is 1. The molecule has 4 nitrogen and oxygen atoms in total. The van der Waals surface area contributed by atoms with Crippen LogP contribution in [0.5, 0.6) is 0 Å². The summed E-state index contributed by atoms with van der Waals surface area (Å²) >= 11 is 1.64. The second kappa shape index (κ2) is 7.30. The van der Waals surface area contributed by atoms with E-state index in [2.05, 4.69) is 47.8 Å². The quantitative estimate of drug-likeness (QED) is 0.681. The Bertz CT molecular complexity index is 999. The molecule has 2 aromatic carbocycles. The van der Waals surface area contributed by atoms with Gasteiger partial charge in [0.2, 0.25) is 5.91 Å². The van der Waals surface area contributed by atoms with Gasteiger partial charge in [0, 0.05) is 17.5 Å². The van der Waals surface area contributed by atoms with Crippen LogP contribution in [0.1, 0.15) is 44.7 Å². The predicted molar refractivity (Wildman–Crippen MR) is 116 cm³/mol. The summed E-state index contributed by atoms with van der Waals surface area (Å²) in [5.74, 6) is 0.0388. The molecule has 5 heteroatoms. The lowest BCUT2D eigenvalue weighted by Gasteiger charge is -2.32. The normalized spacial score (nSPS) is 18.6. The van der Waals surface area contributed by atoms with Crippen molar-refractivity contribution in [2.75, 3.05) is 6.54 Å². The molecular weight excluding hydrogens is 366 g/mol. The van der Waals surface area contributed by atoms with Crippen molar-refractivity contribution in [1.29, 1.82) is 0 Å². The molecule has 2 atom stereocenters. The maximum absolute atomic E-state index is 13.0. The lowest BCUT2D eigenvalue weighted by Crippen LogP contribution is -2.50. The number of likely N-dealkylation sites (tertiary alicyclic amines) is 1. The van der Waals surface area contributed by atoms with Crippen molar-refractivity contribution in [2.24, 2.45) is 11.1 Å². The third kappa shape index (κ3) is 3.45. The van der Waals surface area contributed by atoms with E-state index in [1.165, 1.54) is 10.8 Å². The fraction of sp³-hybridized carbons (Fsp3) is 0.391. The maximum atomic E-state index is 13.0. The molecular formula is C23H27N3OS. The SMILES string of the molecule is CC(C)(C)[C@H](N)C(=O)N1CCC[C@H]1c1nc(-c2cccc3ccccc23)cs1. The minimum Gasteiger partial charge on any atom is -0.332 e. The van der Waals surface area contributed by atoms with Crippen molar-refractivity contribution < 1.29 is 4.79 Å². The molecule has 1 fully saturated rings. The molecule has 0 radical (unpaired) electrons. The number of nitrogens with two attached hydrogens (primary N) is 1. The molecule has 28 heavy (non-hydrogen) atoms. The van der Waals surface area contributed by atoms with Crippen LogP contribution < -0.4 is 5.73 Å². The van der Waals surface area contributed by atoms with Crippen LogP contribution in [0, 0.1) is 5.41 Å². The number of thiazole rings is 1. The monoisotopic (exact) mass is 393 g/mol. The van der Waals surface area contributed by atoms with Crippen molar-refractivity contribution in [3.8, 4) is 11.3 Å². The number of hydrogen-bond donors (Lipinski definition) is 1. The van der Waals surface area contributed by atoms with Crippen LogP contribution in [0.15, 0.2) is 47.8 Å². The number of nitrogens with zero attached hydrogens (tertiary/aromatic N) is 2. The van der Waals surface area contributed by atoms with Gasteiger partial charge in [-0.05, 0) is 29.0 Å². The first-order valence-corrected chi connectivity index (χ1v) is 10.7. The highest BCUT2D eigenvalue weighted by atomic mass is 32.1. The smallest absolute Gasteiger partial charge is 0.240 e. The van der Waals surface area contributed by atoms with Gasteiger partial charge in [-0.3, -0.25) is 4.79 Å². The fourth-order valence-electron chi connectivity index (χ4n) is 3.85. The standard InChI is InChI=1S/C23H27N3OS/c1-23(2,3)20(24)22(27)26-13-7-12-19(26)21-25-18(14-28-21)17-11-6-9-15-8-4-5-10-16(15)17/h4-6,8-11,14,19-20H,7,12-13,24H2,1-3H3/t19-,20+/m0/s1. The van der Waals surface area contributed by atoms with Gasteiger partial charge in [0.05, 0.1) is 17.8 Å². The fourth-order valence-corrected chi connectivity index (χ4v) is 4.81. The highest BCUT2D eigenvalue weighted by molar-refractivity contribution is 7.10. The van der Waals surface area contributed by atoms with Gasteiger partial charge in [-0.15, -0.1) is 11.3 Å². The molecule has 0 spiro atoms. The zero-order valence-electron chi connectivity index (χ0n) is 16.7. The number of carbonyl (C=O) groups excluding carboxylic acids is 1. The van der Waals surface area contributed by atoms with E-state index in [0.717, 1.165) is 35.7 Å². The van der Waals surface area contributed by atoms with Crippen molar-refractivity contribution >= 4 is 28.0 Å². The van der Waals surface area contributed by atoms with Crippen molar-refractivity contribution in [3.05, 3.63) is 52.9 Å². The van der Waals surface area contributed by atoms with Gasteiger partial charge in [-0.25, -0.2) is 4.98 Å². The molecule has 1 saturated heterocycles. The van der Waals surface area contributed by atoms with Crippen LogP contribution in [0.4, 0.5) is 0 Å². The summed E-state index contributed by atoms with van der Waals surface area (Å²) in [6.07, 6.45) is 1.95. The van der Waals surface area contributed by atoms with Gasteiger partial charge in [-0.2, -0.15) is 0 Å². The summed E-state index contributed by atoms with van der Waals surface area (Å²) in [4.78, 5) is 19.9. The maximum Gasteiger partial charge on any atom is 0.240 e. The van der Waals surface area contributed by atoms with Crippen LogP contribution in [-0.4, -0.2) is 28.4 Å². The summed E-state index contributed by atoms with van der Waals surface area (Å²) in [6, 6.07) is 14.2. The van der Waals surface area contributed by atoms with Gasteiger partial charge in [0.15, 0.2) is 0 Å². The Morgan fingerprint density at radius 3 is 2.75 bits per heavy atom. The molecule has 1 aromatic heterocycles. The lowest BCUT2D eigenvalue weighted by atomic mass is 9.86. The van der Waals surface area contributed by atoms with Crippen molar-refractivity contribution in [3.63, 3.8) is 0 Å². The highest BCUT2D eigenvalue weighted by Crippen LogP contribution is 2.38. The van der Waals surface area contributed by atoms with E-state index in [1.807, 2.05) is 25.7 Å². The average molecular weight is 394 g/mol. The molecule has 0 saturated carbocycles. The zero-order chi connectivity index (χ0) is 19.9. The Morgan fingerprint density at radius 1 is 1.21 bits per heavy atom. The van der Waals surface area contributed by atoms with Gasteiger partial charge in [0.1, 0.15) is 5.01 Å². The summed E-state index contributed by atoms with van der Waals surface area (Å²) in [6.45, 7) is 6.81. The topological polar surface area (TPSA) is 59.2 Å². The second-order valence-corrected chi connectivity index (χ2v) is 9.52. The summed E-state index contributed by atoms with van der Waals surface area (Å²) in [5.41, 5.74) is 8.14. The zero-order valence-corrected chi connectivity index (χ0v) is 17.5. The first-order chi connectivity index (χ1) is 13.4. The number of carbonyl (C=O) groups is 1. The van der Waals surface area contributed by atoms with E-state index in [1.54, 1.807) is 11.3 Å². The van der Waals surface area contributed by atoms with Crippen LogP contribution in [0.25, 0.3) is 22.0 Å². The molecule has 4 rings (SSSR count). The molecule has 2 N–H and O–H groups in total. The third-order valence-electron chi connectivity index (χ3n) is 5.61. The van der Waals surface area contributed by atoms with Crippen LogP contribution in [-0.2, 0) is 4.79 Å². The Labute approximate surface area is 170 Å². The second-order valence-electron chi connectivity index (χ2n) is 8.63. The van der Waals surface area contributed by atoms with E-state index >= 15 is 0 Å². The minimum absolute atomic E-state index is 0.0367. The van der Waals surface area contributed by atoms with Crippen LogP contribution >= 0.6 is 11.3 Å². The number of rotatable bonds is 3. The third-order valence-corrected chi connectivity index (χ3v) is 6.55. The molecule has 3 aromatic rings. The van der Waals surface area contributed by atoms with E-state index in [9.17, 15) is 4.79 Å². The molecule has 0 aliphatic carbocycles. The number of benzene rings is 2. The van der Waals surface area contributed by atoms with Crippen LogP contribution in [0.3, 0.4) is 0 Å². The molecule has 1 aliphatic rings. The van der Waals surface area contributed by atoms with Gasteiger partial charge in [0.25, 0.3) is 0 Å². The number of hydrogen-bond acceptors (Lipinski definition) is 4. The largest absolute Gasteiger partial charge is 0.332 e.